The molecule has 100 valence electrons. The summed E-state index contributed by atoms with van der Waals surface area (Å²) in [6.45, 7) is 6.63. The number of hydrogen-bond acceptors (Lipinski definition) is 2. The van der Waals surface area contributed by atoms with Gasteiger partial charge in [0.05, 0.1) is 0 Å². The topological polar surface area (TPSA) is 21.3 Å². The molecule has 2 aromatic rings. The van der Waals surface area contributed by atoms with Gasteiger partial charge in [0.2, 0.25) is 0 Å². The Morgan fingerprint density at radius 1 is 1.00 bits per heavy atom. The summed E-state index contributed by atoms with van der Waals surface area (Å²) in [6.07, 6.45) is 0. The lowest BCUT2D eigenvalue weighted by Gasteiger charge is -2.12. The molecule has 0 aliphatic rings. The van der Waals surface area contributed by atoms with Crippen LogP contribution >= 0.6 is 0 Å². The van der Waals surface area contributed by atoms with Crippen LogP contribution in [0.2, 0.25) is 0 Å². The zero-order valence-electron chi connectivity index (χ0n) is 11.6. The van der Waals surface area contributed by atoms with Crippen molar-refractivity contribution in [1.29, 1.82) is 0 Å². The molecule has 2 heteroatoms. The van der Waals surface area contributed by atoms with E-state index in [1.807, 2.05) is 18.2 Å². The van der Waals surface area contributed by atoms with Crippen molar-refractivity contribution < 1.29 is 4.74 Å². The minimum Gasteiger partial charge on any atom is -0.489 e. The van der Waals surface area contributed by atoms with Gasteiger partial charge in [0, 0.05) is 12.1 Å². The maximum absolute atomic E-state index is 5.92. The first-order valence-electron chi connectivity index (χ1n) is 6.76. The number of benzene rings is 2. The number of hydrogen-bond donors (Lipinski definition) is 1. The minimum atomic E-state index is 0.615. The summed E-state index contributed by atoms with van der Waals surface area (Å²) < 4.78 is 5.92. The average Bonchev–Trinajstić information content (AvgIpc) is 2.45. The normalized spacial score (nSPS) is 10.4. The molecule has 0 fully saturated rings. The lowest BCUT2D eigenvalue weighted by atomic mass is 10.1. The lowest BCUT2D eigenvalue weighted by molar-refractivity contribution is 0.302. The van der Waals surface area contributed by atoms with E-state index >= 15 is 0 Å². The van der Waals surface area contributed by atoms with E-state index in [0.29, 0.717) is 6.61 Å². The number of rotatable bonds is 6. The van der Waals surface area contributed by atoms with Crippen LogP contribution in [0.3, 0.4) is 0 Å². The molecule has 1 N–H and O–H groups in total. The Labute approximate surface area is 115 Å². The molecule has 19 heavy (non-hydrogen) atoms. The molecule has 0 aliphatic heterocycles. The zero-order valence-corrected chi connectivity index (χ0v) is 11.6. The Hall–Kier alpha value is -1.80. The number of nitrogens with one attached hydrogen (secondary N) is 1. The van der Waals surface area contributed by atoms with E-state index in [-0.39, 0.29) is 0 Å². The van der Waals surface area contributed by atoms with Crippen LogP contribution in [0.15, 0.2) is 48.5 Å². The van der Waals surface area contributed by atoms with E-state index in [0.717, 1.165) is 18.8 Å². The van der Waals surface area contributed by atoms with Crippen LogP contribution in [0.5, 0.6) is 5.75 Å². The molecule has 0 unspecified atom stereocenters. The van der Waals surface area contributed by atoms with Crippen LogP contribution in [0.25, 0.3) is 0 Å². The Morgan fingerprint density at radius 2 is 1.74 bits per heavy atom. The smallest absolute Gasteiger partial charge is 0.124 e. The second kappa shape index (κ2) is 6.95. The van der Waals surface area contributed by atoms with Gasteiger partial charge in [-0.05, 0) is 25.1 Å². The first kappa shape index (κ1) is 13.6. The Balaban J connectivity index is 2.00. The van der Waals surface area contributed by atoms with E-state index in [2.05, 4.69) is 49.5 Å². The second-order valence-electron chi connectivity index (χ2n) is 4.66. The first-order chi connectivity index (χ1) is 9.29. The summed E-state index contributed by atoms with van der Waals surface area (Å²) in [5.74, 6) is 0.962. The van der Waals surface area contributed by atoms with Crippen molar-refractivity contribution in [2.45, 2.75) is 27.0 Å². The van der Waals surface area contributed by atoms with Gasteiger partial charge in [-0.1, -0.05) is 55.0 Å². The summed E-state index contributed by atoms with van der Waals surface area (Å²) in [6, 6.07) is 16.6. The van der Waals surface area contributed by atoms with Crippen LogP contribution in [-0.4, -0.2) is 6.54 Å². The lowest BCUT2D eigenvalue weighted by Crippen LogP contribution is -2.12. The molecule has 2 rings (SSSR count). The minimum absolute atomic E-state index is 0.615. The molecule has 2 aromatic carbocycles. The zero-order chi connectivity index (χ0) is 13.5. The summed E-state index contributed by atoms with van der Waals surface area (Å²) in [5.41, 5.74) is 3.68. The Bertz CT molecular complexity index is 505. The fourth-order valence-corrected chi connectivity index (χ4v) is 1.90. The second-order valence-corrected chi connectivity index (χ2v) is 4.66. The molecule has 0 aliphatic carbocycles. The van der Waals surface area contributed by atoms with Crippen molar-refractivity contribution in [1.82, 2.24) is 5.32 Å². The summed E-state index contributed by atoms with van der Waals surface area (Å²) in [4.78, 5) is 0. The van der Waals surface area contributed by atoms with Crippen molar-refractivity contribution in [3.8, 4) is 5.75 Å². The van der Waals surface area contributed by atoms with Crippen molar-refractivity contribution in [2.24, 2.45) is 0 Å². The molecule has 0 saturated carbocycles. The summed E-state index contributed by atoms with van der Waals surface area (Å²) in [7, 11) is 0. The van der Waals surface area contributed by atoms with Crippen LogP contribution < -0.4 is 10.1 Å². The molecule has 0 heterocycles. The molecule has 0 aromatic heterocycles. The van der Waals surface area contributed by atoms with Gasteiger partial charge in [-0.3, -0.25) is 0 Å². The first-order valence-corrected chi connectivity index (χ1v) is 6.76. The van der Waals surface area contributed by atoms with E-state index in [4.69, 9.17) is 4.74 Å². The third-order valence-electron chi connectivity index (χ3n) is 3.05. The SMILES string of the molecule is CCNCc1ccccc1OCc1ccc(C)cc1. The fourth-order valence-electron chi connectivity index (χ4n) is 1.90. The maximum Gasteiger partial charge on any atom is 0.124 e. The largest absolute Gasteiger partial charge is 0.489 e. The van der Waals surface area contributed by atoms with Crippen LogP contribution in [-0.2, 0) is 13.2 Å². The third-order valence-corrected chi connectivity index (χ3v) is 3.05. The van der Waals surface area contributed by atoms with Gasteiger partial charge in [-0.2, -0.15) is 0 Å². The van der Waals surface area contributed by atoms with Gasteiger partial charge in [-0.25, -0.2) is 0 Å². The maximum atomic E-state index is 5.92. The highest BCUT2D eigenvalue weighted by Gasteiger charge is 2.02. The molecule has 0 amide bonds. The molecule has 0 radical (unpaired) electrons. The monoisotopic (exact) mass is 255 g/mol. The van der Waals surface area contributed by atoms with Gasteiger partial charge >= 0.3 is 0 Å². The van der Waals surface area contributed by atoms with Gasteiger partial charge in [0.1, 0.15) is 12.4 Å². The van der Waals surface area contributed by atoms with Crippen LogP contribution in [0.4, 0.5) is 0 Å². The summed E-state index contributed by atoms with van der Waals surface area (Å²) in [5, 5.41) is 3.33. The third kappa shape index (κ3) is 4.11. The highest BCUT2D eigenvalue weighted by Crippen LogP contribution is 2.19. The van der Waals surface area contributed by atoms with Crippen molar-refractivity contribution in [2.75, 3.05) is 6.54 Å². The highest BCUT2D eigenvalue weighted by atomic mass is 16.5. The predicted molar refractivity (Wildman–Crippen MR) is 79.3 cm³/mol. The molecule has 2 nitrogen and oxygen atoms in total. The highest BCUT2D eigenvalue weighted by molar-refractivity contribution is 5.33. The molecule has 0 spiro atoms. The van der Waals surface area contributed by atoms with E-state index in [1.54, 1.807) is 0 Å². The molecular formula is C17H21NO. The summed E-state index contributed by atoms with van der Waals surface area (Å²) >= 11 is 0. The number of aryl methyl sites for hydroxylation is 1. The van der Waals surface area contributed by atoms with Crippen LogP contribution in [0.1, 0.15) is 23.6 Å². The standard InChI is InChI=1S/C17H21NO/c1-3-18-12-16-6-4-5-7-17(16)19-13-15-10-8-14(2)9-11-15/h4-11,18H,3,12-13H2,1-2H3. The Kier molecular flexibility index (Phi) is 4.99. The van der Waals surface area contributed by atoms with Gasteiger partial charge < -0.3 is 10.1 Å². The molecule has 0 saturated heterocycles. The van der Waals surface area contributed by atoms with E-state index < -0.39 is 0 Å². The predicted octanol–water partition coefficient (Wildman–Crippen LogP) is 3.68. The van der Waals surface area contributed by atoms with E-state index in [9.17, 15) is 0 Å². The van der Waals surface area contributed by atoms with Crippen molar-refractivity contribution in [3.05, 3.63) is 65.2 Å². The molecule has 0 atom stereocenters. The van der Waals surface area contributed by atoms with Crippen molar-refractivity contribution in [3.63, 3.8) is 0 Å². The van der Waals surface area contributed by atoms with Crippen molar-refractivity contribution >= 4 is 0 Å². The van der Waals surface area contributed by atoms with Gasteiger partial charge in [0.15, 0.2) is 0 Å². The molecular weight excluding hydrogens is 234 g/mol. The van der Waals surface area contributed by atoms with Crippen LogP contribution in [0, 0.1) is 6.92 Å². The number of ether oxygens (including phenoxy) is 1. The van der Waals surface area contributed by atoms with Gasteiger partial charge in [-0.15, -0.1) is 0 Å². The fraction of sp³-hybridized carbons (Fsp3) is 0.294. The average molecular weight is 255 g/mol. The van der Waals surface area contributed by atoms with E-state index in [1.165, 1.54) is 16.7 Å². The quantitative estimate of drug-likeness (QED) is 0.850. The molecule has 0 bridgehead atoms. The Morgan fingerprint density at radius 3 is 2.47 bits per heavy atom. The number of para-hydroxylation sites is 1. The van der Waals surface area contributed by atoms with Gasteiger partial charge in [0.25, 0.3) is 0 Å².